The van der Waals surface area contributed by atoms with Gasteiger partial charge in [0.1, 0.15) is 6.04 Å². The average molecular weight is 258 g/mol. The van der Waals surface area contributed by atoms with Crippen molar-refractivity contribution in [2.75, 3.05) is 6.26 Å². The molecule has 1 aromatic rings. The maximum absolute atomic E-state index is 10.9. The molecule has 0 aliphatic rings. The Morgan fingerprint density at radius 3 is 2.53 bits per heavy atom. The summed E-state index contributed by atoms with van der Waals surface area (Å²) < 4.78 is 0. The number of rotatable bonds is 5. The molecule has 0 fully saturated rings. The number of carboxylic acid groups (broad SMARTS) is 2. The Labute approximate surface area is 100 Å². The fourth-order valence-electron chi connectivity index (χ4n) is 1.02. The van der Waals surface area contributed by atoms with Gasteiger partial charge in [0.2, 0.25) is 5.16 Å². The van der Waals surface area contributed by atoms with Crippen molar-refractivity contribution in [3.63, 3.8) is 0 Å². The van der Waals surface area contributed by atoms with Crippen molar-refractivity contribution in [2.24, 2.45) is 5.73 Å². The quantitative estimate of drug-likeness (QED) is 0.581. The smallest absolute Gasteiger partial charge is 0.356 e. The number of aromatic nitrogens is 3. The number of nitrogens with two attached hydrogens (primary N) is 1. The minimum absolute atomic E-state index is 0.0369. The van der Waals surface area contributed by atoms with E-state index in [1.807, 2.05) is 0 Å². The molecule has 0 radical (unpaired) electrons. The molecular formula is C8H10N4O4S. The van der Waals surface area contributed by atoms with Crippen LogP contribution in [0.15, 0.2) is 5.16 Å². The van der Waals surface area contributed by atoms with Gasteiger partial charge in [-0.15, -0.1) is 5.10 Å². The van der Waals surface area contributed by atoms with Gasteiger partial charge in [0, 0.05) is 6.42 Å². The molecule has 0 saturated heterocycles. The fourth-order valence-corrected chi connectivity index (χ4v) is 1.33. The molecule has 8 nitrogen and oxygen atoms in total. The van der Waals surface area contributed by atoms with E-state index in [4.69, 9.17) is 15.9 Å². The molecule has 1 atom stereocenters. The second-order valence-corrected chi connectivity index (χ2v) is 3.82. The van der Waals surface area contributed by atoms with Gasteiger partial charge >= 0.3 is 11.9 Å². The number of hydrogen-bond acceptors (Lipinski definition) is 7. The molecule has 9 heteroatoms. The Bertz CT molecular complexity index is 453. The first-order valence-electron chi connectivity index (χ1n) is 4.45. The van der Waals surface area contributed by atoms with Crippen LogP contribution >= 0.6 is 11.8 Å². The van der Waals surface area contributed by atoms with Gasteiger partial charge in [-0.1, -0.05) is 11.8 Å². The van der Waals surface area contributed by atoms with E-state index in [-0.39, 0.29) is 23.0 Å². The predicted octanol–water partition coefficient (Wildman–Crippen LogP) is -0.754. The maximum atomic E-state index is 10.9. The zero-order chi connectivity index (χ0) is 13.0. The first kappa shape index (κ1) is 13.3. The highest BCUT2D eigenvalue weighted by Gasteiger charge is 2.21. The van der Waals surface area contributed by atoms with E-state index in [0.29, 0.717) is 0 Å². The Kier molecular flexibility index (Phi) is 4.35. The molecule has 92 valence electrons. The highest BCUT2D eigenvalue weighted by atomic mass is 32.2. The monoisotopic (exact) mass is 258 g/mol. The first-order valence-corrected chi connectivity index (χ1v) is 5.67. The Morgan fingerprint density at radius 2 is 2.06 bits per heavy atom. The van der Waals surface area contributed by atoms with Gasteiger partial charge in [0.15, 0.2) is 5.69 Å². The highest BCUT2D eigenvalue weighted by Crippen LogP contribution is 2.11. The van der Waals surface area contributed by atoms with Gasteiger partial charge in [-0.05, 0) is 6.26 Å². The van der Waals surface area contributed by atoms with Crippen molar-refractivity contribution in [2.45, 2.75) is 17.6 Å². The van der Waals surface area contributed by atoms with Crippen LogP contribution in [0.2, 0.25) is 0 Å². The zero-order valence-corrected chi connectivity index (χ0v) is 9.64. The van der Waals surface area contributed by atoms with Crippen LogP contribution in [0.4, 0.5) is 0 Å². The lowest BCUT2D eigenvalue weighted by Crippen LogP contribution is -2.33. The molecular weight excluding hydrogens is 248 g/mol. The fraction of sp³-hybridized carbons (Fsp3) is 0.375. The third-order valence-corrected chi connectivity index (χ3v) is 2.39. The van der Waals surface area contributed by atoms with E-state index in [1.165, 1.54) is 0 Å². The molecule has 0 amide bonds. The Morgan fingerprint density at radius 1 is 1.41 bits per heavy atom. The van der Waals surface area contributed by atoms with Gasteiger partial charge in [-0.3, -0.25) is 4.79 Å². The van der Waals surface area contributed by atoms with Crippen molar-refractivity contribution in [1.82, 2.24) is 15.2 Å². The van der Waals surface area contributed by atoms with Crippen molar-refractivity contribution in [3.05, 3.63) is 11.4 Å². The summed E-state index contributed by atoms with van der Waals surface area (Å²) in [5, 5.41) is 25.0. The second kappa shape index (κ2) is 5.55. The summed E-state index contributed by atoms with van der Waals surface area (Å²) in [5.41, 5.74) is 4.94. The third-order valence-electron chi connectivity index (χ3n) is 1.85. The van der Waals surface area contributed by atoms with Crippen LogP contribution < -0.4 is 5.73 Å². The average Bonchev–Trinajstić information content (AvgIpc) is 2.29. The van der Waals surface area contributed by atoms with Crippen molar-refractivity contribution in [3.8, 4) is 0 Å². The summed E-state index contributed by atoms with van der Waals surface area (Å²) in [6, 6.07) is -1.23. The summed E-state index contributed by atoms with van der Waals surface area (Å²) in [6.45, 7) is 0. The van der Waals surface area contributed by atoms with Gasteiger partial charge in [0.05, 0.1) is 5.69 Å². The molecule has 17 heavy (non-hydrogen) atoms. The van der Waals surface area contributed by atoms with Gasteiger partial charge in [-0.25, -0.2) is 9.78 Å². The van der Waals surface area contributed by atoms with E-state index >= 15 is 0 Å². The van der Waals surface area contributed by atoms with Crippen LogP contribution in [0.1, 0.15) is 16.2 Å². The van der Waals surface area contributed by atoms with Crippen LogP contribution in [-0.2, 0) is 11.2 Å². The summed E-state index contributed by atoms with van der Waals surface area (Å²) in [6.07, 6.45) is 1.44. The molecule has 0 saturated carbocycles. The molecule has 0 bridgehead atoms. The maximum Gasteiger partial charge on any atom is 0.356 e. The van der Waals surface area contributed by atoms with Gasteiger partial charge in [0.25, 0.3) is 0 Å². The van der Waals surface area contributed by atoms with Crippen molar-refractivity contribution in [1.29, 1.82) is 0 Å². The van der Waals surface area contributed by atoms with Crippen LogP contribution in [0.3, 0.4) is 0 Å². The van der Waals surface area contributed by atoms with E-state index in [2.05, 4.69) is 15.2 Å². The number of aliphatic carboxylic acids is 1. The third kappa shape index (κ3) is 3.36. The number of carboxylic acids is 2. The lowest BCUT2D eigenvalue weighted by molar-refractivity contribution is -0.138. The van der Waals surface area contributed by atoms with E-state index < -0.39 is 18.0 Å². The van der Waals surface area contributed by atoms with Crippen LogP contribution in [0, 0.1) is 0 Å². The van der Waals surface area contributed by atoms with Crippen LogP contribution in [0.5, 0.6) is 0 Å². The molecule has 1 aromatic heterocycles. The number of nitrogens with zero attached hydrogens (tertiary/aromatic N) is 3. The van der Waals surface area contributed by atoms with Crippen molar-refractivity contribution < 1.29 is 19.8 Å². The largest absolute Gasteiger partial charge is 0.480 e. The molecule has 0 aromatic carbocycles. The van der Waals surface area contributed by atoms with Gasteiger partial charge in [-0.2, -0.15) is 5.10 Å². The number of aromatic carboxylic acids is 1. The first-order chi connectivity index (χ1) is 7.95. The number of hydrogen-bond donors (Lipinski definition) is 3. The SMILES string of the molecule is CSc1nnc(C[C@H](N)C(=O)O)c(C(=O)O)n1. The molecule has 1 rings (SSSR count). The Balaban J connectivity index is 3.06. The minimum atomic E-state index is -1.29. The van der Waals surface area contributed by atoms with E-state index in [9.17, 15) is 9.59 Å². The lowest BCUT2D eigenvalue weighted by Gasteiger charge is -2.07. The van der Waals surface area contributed by atoms with Crippen molar-refractivity contribution >= 4 is 23.7 Å². The predicted molar refractivity (Wildman–Crippen MR) is 57.9 cm³/mol. The molecule has 0 unspecified atom stereocenters. The Hall–Kier alpha value is -1.74. The van der Waals surface area contributed by atoms with Crippen LogP contribution in [0.25, 0.3) is 0 Å². The van der Waals surface area contributed by atoms with Gasteiger partial charge < -0.3 is 15.9 Å². The topological polar surface area (TPSA) is 139 Å². The standard InChI is InChI=1S/C8H10N4O4S/c1-17-8-10-5(7(15)16)4(11-12-8)2-3(9)6(13)14/h3H,2,9H2,1H3,(H,13,14)(H,15,16)/t3-/m0/s1. The molecule has 4 N–H and O–H groups in total. The number of thioether (sulfide) groups is 1. The summed E-state index contributed by atoms with van der Waals surface area (Å²) >= 11 is 1.14. The summed E-state index contributed by atoms with van der Waals surface area (Å²) in [4.78, 5) is 25.2. The lowest BCUT2D eigenvalue weighted by atomic mass is 10.1. The number of carbonyl (C=O) groups is 2. The normalized spacial score (nSPS) is 12.1. The molecule has 0 aliphatic carbocycles. The molecule has 0 spiro atoms. The summed E-state index contributed by atoms with van der Waals surface area (Å²) in [5.74, 6) is -2.53. The van der Waals surface area contributed by atoms with E-state index in [1.54, 1.807) is 6.26 Å². The molecule has 0 aliphatic heterocycles. The summed E-state index contributed by atoms with van der Waals surface area (Å²) in [7, 11) is 0. The van der Waals surface area contributed by atoms with Crippen LogP contribution in [-0.4, -0.2) is 49.6 Å². The molecule has 1 heterocycles. The van der Waals surface area contributed by atoms with E-state index in [0.717, 1.165) is 11.8 Å². The highest BCUT2D eigenvalue weighted by molar-refractivity contribution is 7.98. The zero-order valence-electron chi connectivity index (χ0n) is 8.82. The minimum Gasteiger partial charge on any atom is -0.480 e. The second-order valence-electron chi connectivity index (χ2n) is 3.05.